The lowest BCUT2D eigenvalue weighted by molar-refractivity contribution is 0.626. The second kappa shape index (κ2) is 8.31. The molecule has 0 saturated heterocycles. The standard InChI is InChI=1S/C10H22S2/c1-4-9(3)7-12-8-10(5-2)6-11/h9-11H,4-8H2,1-3H3. The van der Waals surface area contributed by atoms with Gasteiger partial charge in [0, 0.05) is 0 Å². The van der Waals surface area contributed by atoms with Crippen LogP contribution in [0.15, 0.2) is 0 Å². The zero-order valence-electron chi connectivity index (χ0n) is 8.55. The quantitative estimate of drug-likeness (QED) is 0.619. The van der Waals surface area contributed by atoms with Gasteiger partial charge in [0.05, 0.1) is 0 Å². The molecule has 0 radical (unpaired) electrons. The smallest absolute Gasteiger partial charge is 0.00313 e. The Morgan fingerprint density at radius 3 is 2.25 bits per heavy atom. The molecule has 2 atom stereocenters. The van der Waals surface area contributed by atoms with Crippen molar-refractivity contribution in [3.8, 4) is 0 Å². The summed E-state index contributed by atoms with van der Waals surface area (Å²) >= 11 is 6.42. The second-order valence-corrected chi connectivity index (χ2v) is 4.95. The van der Waals surface area contributed by atoms with Crippen LogP contribution < -0.4 is 0 Å². The molecule has 0 fully saturated rings. The average molecular weight is 206 g/mol. The molecule has 0 bridgehead atoms. The summed E-state index contributed by atoms with van der Waals surface area (Å²) in [6.45, 7) is 6.85. The number of hydrogen-bond donors (Lipinski definition) is 1. The van der Waals surface area contributed by atoms with E-state index >= 15 is 0 Å². The third-order valence-electron chi connectivity index (χ3n) is 2.29. The Labute approximate surface area is 87.3 Å². The Morgan fingerprint density at radius 1 is 1.17 bits per heavy atom. The van der Waals surface area contributed by atoms with Crippen LogP contribution in [0.4, 0.5) is 0 Å². The molecule has 0 saturated carbocycles. The minimum absolute atomic E-state index is 0.822. The lowest BCUT2D eigenvalue weighted by atomic mass is 10.1. The monoisotopic (exact) mass is 206 g/mol. The molecule has 0 N–H and O–H groups in total. The summed E-state index contributed by atoms with van der Waals surface area (Å²) in [7, 11) is 0. The van der Waals surface area contributed by atoms with Crippen molar-refractivity contribution in [3.63, 3.8) is 0 Å². The maximum absolute atomic E-state index is 4.33. The van der Waals surface area contributed by atoms with Crippen molar-refractivity contribution in [2.45, 2.75) is 33.6 Å². The zero-order chi connectivity index (χ0) is 9.40. The van der Waals surface area contributed by atoms with E-state index in [1.807, 2.05) is 0 Å². The summed E-state index contributed by atoms with van der Waals surface area (Å²) in [4.78, 5) is 0. The van der Waals surface area contributed by atoms with Crippen LogP contribution in [0.5, 0.6) is 0 Å². The first-order valence-corrected chi connectivity index (χ1v) is 6.71. The molecule has 0 amide bonds. The molecule has 0 aliphatic rings. The molecule has 0 spiro atoms. The van der Waals surface area contributed by atoms with E-state index in [0.717, 1.165) is 17.6 Å². The van der Waals surface area contributed by atoms with Crippen LogP contribution in [-0.4, -0.2) is 17.3 Å². The van der Waals surface area contributed by atoms with Gasteiger partial charge in [-0.25, -0.2) is 0 Å². The van der Waals surface area contributed by atoms with Crippen LogP contribution in [0.2, 0.25) is 0 Å². The molecule has 0 aromatic heterocycles. The number of rotatable bonds is 7. The van der Waals surface area contributed by atoms with E-state index in [4.69, 9.17) is 0 Å². The molecule has 74 valence electrons. The van der Waals surface area contributed by atoms with Crippen molar-refractivity contribution in [1.29, 1.82) is 0 Å². The first kappa shape index (κ1) is 12.7. The van der Waals surface area contributed by atoms with E-state index < -0.39 is 0 Å². The van der Waals surface area contributed by atoms with Crippen molar-refractivity contribution in [2.24, 2.45) is 11.8 Å². The van der Waals surface area contributed by atoms with Gasteiger partial charge >= 0.3 is 0 Å². The normalized spacial score (nSPS) is 16.0. The van der Waals surface area contributed by atoms with Crippen LogP contribution in [0, 0.1) is 11.8 Å². The molecule has 2 heteroatoms. The van der Waals surface area contributed by atoms with Gasteiger partial charge in [0.2, 0.25) is 0 Å². The molecule has 0 aromatic rings. The minimum atomic E-state index is 0.822. The molecule has 0 aliphatic carbocycles. The third-order valence-corrected chi connectivity index (χ3v) is 4.32. The average Bonchev–Trinajstić information content (AvgIpc) is 2.12. The predicted molar refractivity (Wildman–Crippen MR) is 64.4 cm³/mol. The highest BCUT2D eigenvalue weighted by Gasteiger charge is 2.05. The Kier molecular flexibility index (Phi) is 8.79. The predicted octanol–water partition coefficient (Wildman–Crippen LogP) is 3.72. The van der Waals surface area contributed by atoms with Crippen LogP contribution in [0.25, 0.3) is 0 Å². The lowest BCUT2D eigenvalue weighted by Crippen LogP contribution is -2.06. The van der Waals surface area contributed by atoms with E-state index in [2.05, 4.69) is 45.2 Å². The largest absolute Gasteiger partial charge is 0.179 e. The van der Waals surface area contributed by atoms with Crippen molar-refractivity contribution in [1.82, 2.24) is 0 Å². The number of thioether (sulfide) groups is 1. The van der Waals surface area contributed by atoms with Crippen molar-refractivity contribution < 1.29 is 0 Å². The Bertz CT molecular complexity index is 89.8. The highest BCUT2D eigenvalue weighted by Crippen LogP contribution is 2.17. The molecule has 12 heavy (non-hydrogen) atoms. The van der Waals surface area contributed by atoms with Gasteiger partial charge in [-0.05, 0) is 29.1 Å². The van der Waals surface area contributed by atoms with Crippen molar-refractivity contribution in [2.75, 3.05) is 17.3 Å². The molecule has 0 nitrogen and oxygen atoms in total. The summed E-state index contributed by atoms with van der Waals surface area (Å²) in [5, 5.41) is 0. The molecular weight excluding hydrogens is 184 g/mol. The van der Waals surface area contributed by atoms with Crippen LogP contribution in [0.3, 0.4) is 0 Å². The summed E-state index contributed by atoms with van der Waals surface area (Å²) in [6, 6.07) is 0. The van der Waals surface area contributed by atoms with E-state index in [0.29, 0.717) is 0 Å². The minimum Gasteiger partial charge on any atom is -0.179 e. The van der Waals surface area contributed by atoms with Gasteiger partial charge in [-0.2, -0.15) is 24.4 Å². The second-order valence-electron chi connectivity index (χ2n) is 3.51. The number of thiol groups is 1. The fourth-order valence-electron chi connectivity index (χ4n) is 0.853. The maximum atomic E-state index is 4.33. The Morgan fingerprint density at radius 2 is 1.83 bits per heavy atom. The molecule has 0 aromatic carbocycles. The van der Waals surface area contributed by atoms with Gasteiger partial charge in [-0.3, -0.25) is 0 Å². The van der Waals surface area contributed by atoms with Crippen molar-refractivity contribution >= 4 is 24.4 Å². The van der Waals surface area contributed by atoms with E-state index in [-0.39, 0.29) is 0 Å². The highest BCUT2D eigenvalue weighted by molar-refractivity contribution is 7.99. The summed E-state index contributed by atoms with van der Waals surface area (Å²) < 4.78 is 0. The first-order valence-electron chi connectivity index (χ1n) is 4.93. The SMILES string of the molecule is CCC(C)CSCC(CC)CS. The van der Waals surface area contributed by atoms with Crippen LogP contribution in [0.1, 0.15) is 33.6 Å². The summed E-state index contributed by atoms with van der Waals surface area (Å²) in [5.74, 6) is 5.37. The first-order chi connectivity index (χ1) is 5.74. The van der Waals surface area contributed by atoms with Gasteiger partial charge in [-0.15, -0.1) is 0 Å². The van der Waals surface area contributed by atoms with Gasteiger partial charge in [-0.1, -0.05) is 33.6 Å². The Hall–Kier alpha value is 0.700. The van der Waals surface area contributed by atoms with Crippen molar-refractivity contribution in [3.05, 3.63) is 0 Å². The zero-order valence-corrected chi connectivity index (χ0v) is 10.3. The van der Waals surface area contributed by atoms with Crippen LogP contribution in [-0.2, 0) is 0 Å². The molecular formula is C10H22S2. The lowest BCUT2D eigenvalue weighted by Gasteiger charge is -2.13. The highest BCUT2D eigenvalue weighted by atomic mass is 32.2. The third kappa shape index (κ3) is 6.24. The fourth-order valence-corrected chi connectivity index (χ4v) is 2.88. The Balaban J connectivity index is 3.28. The maximum Gasteiger partial charge on any atom is -0.00313 e. The van der Waals surface area contributed by atoms with Gasteiger partial charge in [0.25, 0.3) is 0 Å². The number of hydrogen-bond acceptors (Lipinski definition) is 2. The summed E-state index contributed by atoms with van der Waals surface area (Å²) in [5.41, 5.74) is 0. The van der Waals surface area contributed by atoms with Gasteiger partial charge < -0.3 is 0 Å². The molecule has 0 rings (SSSR count). The van der Waals surface area contributed by atoms with Crippen LogP contribution >= 0.6 is 24.4 Å². The van der Waals surface area contributed by atoms with Gasteiger partial charge in [0.15, 0.2) is 0 Å². The topological polar surface area (TPSA) is 0 Å². The molecule has 2 unspecified atom stereocenters. The fraction of sp³-hybridized carbons (Fsp3) is 1.00. The molecule has 0 heterocycles. The van der Waals surface area contributed by atoms with E-state index in [1.54, 1.807) is 0 Å². The van der Waals surface area contributed by atoms with E-state index in [9.17, 15) is 0 Å². The van der Waals surface area contributed by atoms with E-state index in [1.165, 1.54) is 24.3 Å². The summed E-state index contributed by atoms with van der Waals surface area (Å²) in [6.07, 6.45) is 2.58. The van der Waals surface area contributed by atoms with Gasteiger partial charge in [0.1, 0.15) is 0 Å². The molecule has 0 aliphatic heterocycles.